The van der Waals surface area contributed by atoms with E-state index < -0.39 is 6.29 Å². The molecule has 0 fully saturated rings. The van der Waals surface area contributed by atoms with Crippen LogP contribution in [0.4, 0.5) is 0 Å². The Morgan fingerprint density at radius 1 is 1.00 bits per heavy atom. The van der Waals surface area contributed by atoms with Crippen molar-refractivity contribution < 1.29 is 9.84 Å². The van der Waals surface area contributed by atoms with Crippen LogP contribution in [0.5, 0.6) is 0 Å². The molecule has 0 rings (SSSR count). The van der Waals surface area contributed by atoms with Crippen LogP contribution in [0.15, 0.2) is 0 Å². The van der Waals surface area contributed by atoms with Gasteiger partial charge in [-0.2, -0.15) is 0 Å². The van der Waals surface area contributed by atoms with Crippen LogP contribution in [0, 0.1) is 0 Å². The van der Waals surface area contributed by atoms with Crippen molar-refractivity contribution >= 4 is 0 Å². The van der Waals surface area contributed by atoms with Crippen molar-refractivity contribution in [3.63, 3.8) is 0 Å². The Bertz CT molecular complexity index is 94.1. The normalized spacial score (nSPS) is 13.2. The van der Waals surface area contributed by atoms with E-state index in [1.165, 1.54) is 32.1 Å². The third-order valence-corrected chi connectivity index (χ3v) is 2.16. The topological polar surface area (TPSA) is 29.5 Å². The van der Waals surface area contributed by atoms with Crippen LogP contribution in [0.3, 0.4) is 0 Å². The maximum Gasteiger partial charge on any atom is 0.154 e. The highest BCUT2D eigenvalue weighted by Crippen LogP contribution is 2.08. The van der Waals surface area contributed by atoms with E-state index in [-0.39, 0.29) is 0 Å². The minimum Gasteiger partial charge on any atom is -0.368 e. The highest BCUT2D eigenvalue weighted by atomic mass is 16.6. The molecule has 0 saturated carbocycles. The molecule has 0 spiro atoms. The highest BCUT2D eigenvalue weighted by molar-refractivity contribution is 4.46. The molecule has 0 aromatic carbocycles. The number of hydrogen-bond donors (Lipinski definition) is 1. The van der Waals surface area contributed by atoms with Gasteiger partial charge < -0.3 is 9.84 Å². The Balaban J connectivity index is 2.97. The largest absolute Gasteiger partial charge is 0.368 e. The minimum absolute atomic E-state index is 0.531. The van der Waals surface area contributed by atoms with Gasteiger partial charge in [0, 0.05) is 6.61 Å². The molecule has 0 aliphatic carbocycles. The van der Waals surface area contributed by atoms with Gasteiger partial charge in [-0.25, -0.2) is 0 Å². The molecule has 80 valence electrons. The van der Waals surface area contributed by atoms with Gasteiger partial charge in [0.05, 0.1) is 0 Å². The quantitative estimate of drug-likeness (QED) is 0.445. The number of aliphatic hydroxyl groups is 1. The van der Waals surface area contributed by atoms with Crippen molar-refractivity contribution in [2.24, 2.45) is 0 Å². The zero-order chi connectivity index (χ0) is 9.94. The fraction of sp³-hybridized carbons (Fsp3) is 1.00. The molecular weight excluding hydrogens is 164 g/mol. The summed E-state index contributed by atoms with van der Waals surface area (Å²) >= 11 is 0. The first-order chi connectivity index (χ1) is 6.31. The third-order valence-electron chi connectivity index (χ3n) is 2.16. The summed E-state index contributed by atoms with van der Waals surface area (Å²) < 4.78 is 5.03. The second-order valence-corrected chi connectivity index (χ2v) is 3.47. The van der Waals surface area contributed by atoms with Crippen molar-refractivity contribution in [3.05, 3.63) is 0 Å². The molecular formula is C11H24O2. The standard InChI is InChI=1S/C11H24O2/c1-3-5-6-7-8-9-10-11(12)13-4-2/h11-12H,3-10H2,1-2H3. The lowest BCUT2D eigenvalue weighted by atomic mass is 10.1. The predicted molar refractivity (Wildman–Crippen MR) is 55.6 cm³/mol. The summed E-state index contributed by atoms with van der Waals surface area (Å²) in [4.78, 5) is 0. The van der Waals surface area contributed by atoms with Crippen molar-refractivity contribution in [1.29, 1.82) is 0 Å². The zero-order valence-corrected chi connectivity index (χ0v) is 9.09. The number of unbranched alkanes of at least 4 members (excludes halogenated alkanes) is 5. The number of ether oxygens (including phenoxy) is 1. The molecule has 2 nitrogen and oxygen atoms in total. The van der Waals surface area contributed by atoms with Gasteiger partial charge in [0.2, 0.25) is 0 Å². The summed E-state index contributed by atoms with van der Waals surface area (Å²) in [5.74, 6) is 0. The van der Waals surface area contributed by atoms with Crippen LogP contribution in [-0.2, 0) is 4.74 Å². The average Bonchev–Trinajstić information content (AvgIpc) is 2.11. The summed E-state index contributed by atoms with van der Waals surface area (Å²) in [5.41, 5.74) is 0. The third kappa shape index (κ3) is 9.84. The number of rotatable bonds is 9. The summed E-state index contributed by atoms with van der Waals surface area (Å²) in [6.45, 7) is 4.74. The molecule has 0 heterocycles. The Kier molecular flexibility index (Phi) is 9.94. The van der Waals surface area contributed by atoms with Gasteiger partial charge >= 0.3 is 0 Å². The summed E-state index contributed by atoms with van der Waals surface area (Å²) in [7, 11) is 0. The molecule has 0 saturated heterocycles. The van der Waals surface area contributed by atoms with Crippen molar-refractivity contribution in [3.8, 4) is 0 Å². The fourth-order valence-corrected chi connectivity index (χ4v) is 1.38. The van der Waals surface area contributed by atoms with E-state index in [1.54, 1.807) is 0 Å². The maximum absolute atomic E-state index is 9.23. The van der Waals surface area contributed by atoms with Gasteiger partial charge in [0.25, 0.3) is 0 Å². The van der Waals surface area contributed by atoms with Crippen molar-refractivity contribution in [1.82, 2.24) is 0 Å². The van der Waals surface area contributed by atoms with Crippen LogP contribution in [0.1, 0.15) is 58.8 Å². The number of aliphatic hydroxyl groups excluding tert-OH is 1. The Labute approximate surface area is 82.3 Å². The van der Waals surface area contributed by atoms with Crippen molar-refractivity contribution in [2.45, 2.75) is 65.1 Å². The van der Waals surface area contributed by atoms with E-state index in [0.717, 1.165) is 12.8 Å². The van der Waals surface area contributed by atoms with Gasteiger partial charge in [-0.15, -0.1) is 0 Å². The van der Waals surface area contributed by atoms with E-state index in [2.05, 4.69) is 6.92 Å². The van der Waals surface area contributed by atoms with Crippen LogP contribution in [-0.4, -0.2) is 18.0 Å². The first kappa shape index (κ1) is 12.9. The first-order valence-electron chi connectivity index (χ1n) is 5.61. The van der Waals surface area contributed by atoms with Crippen LogP contribution in [0.25, 0.3) is 0 Å². The van der Waals surface area contributed by atoms with E-state index >= 15 is 0 Å². The molecule has 1 unspecified atom stereocenters. The van der Waals surface area contributed by atoms with Gasteiger partial charge in [0.1, 0.15) is 0 Å². The zero-order valence-electron chi connectivity index (χ0n) is 9.09. The van der Waals surface area contributed by atoms with Crippen LogP contribution < -0.4 is 0 Å². The highest BCUT2D eigenvalue weighted by Gasteiger charge is 2.01. The van der Waals surface area contributed by atoms with Gasteiger partial charge in [-0.1, -0.05) is 39.0 Å². The molecule has 0 amide bonds. The molecule has 0 aliphatic rings. The molecule has 13 heavy (non-hydrogen) atoms. The maximum atomic E-state index is 9.23. The molecule has 2 heteroatoms. The van der Waals surface area contributed by atoms with Gasteiger partial charge in [0.15, 0.2) is 6.29 Å². The summed E-state index contributed by atoms with van der Waals surface area (Å²) in [6.07, 6.45) is 7.84. The minimum atomic E-state index is -0.531. The summed E-state index contributed by atoms with van der Waals surface area (Å²) in [6, 6.07) is 0. The van der Waals surface area contributed by atoms with E-state index in [1.807, 2.05) is 6.92 Å². The molecule has 0 bridgehead atoms. The van der Waals surface area contributed by atoms with Crippen LogP contribution in [0.2, 0.25) is 0 Å². The summed E-state index contributed by atoms with van der Waals surface area (Å²) in [5, 5.41) is 9.23. The molecule has 0 aliphatic heterocycles. The predicted octanol–water partition coefficient (Wildman–Crippen LogP) is 3.09. The smallest absolute Gasteiger partial charge is 0.154 e. The second-order valence-electron chi connectivity index (χ2n) is 3.47. The Hall–Kier alpha value is -0.0800. The first-order valence-corrected chi connectivity index (χ1v) is 5.61. The van der Waals surface area contributed by atoms with E-state index in [4.69, 9.17) is 4.74 Å². The monoisotopic (exact) mass is 188 g/mol. The molecule has 1 N–H and O–H groups in total. The van der Waals surface area contributed by atoms with E-state index in [0.29, 0.717) is 6.61 Å². The SMILES string of the molecule is CCCCCCCCC(O)OCC. The van der Waals surface area contributed by atoms with Crippen molar-refractivity contribution in [2.75, 3.05) is 6.61 Å². The lowest BCUT2D eigenvalue weighted by molar-refractivity contribution is -0.0994. The molecule has 0 aromatic rings. The van der Waals surface area contributed by atoms with Gasteiger partial charge in [-0.05, 0) is 19.8 Å². The van der Waals surface area contributed by atoms with Crippen LogP contribution >= 0.6 is 0 Å². The average molecular weight is 188 g/mol. The molecule has 1 atom stereocenters. The fourth-order valence-electron chi connectivity index (χ4n) is 1.38. The molecule has 0 radical (unpaired) electrons. The molecule has 0 aromatic heterocycles. The Morgan fingerprint density at radius 3 is 2.23 bits per heavy atom. The lowest BCUT2D eigenvalue weighted by Crippen LogP contribution is -2.10. The van der Waals surface area contributed by atoms with Gasteiger partial charge in [-0.3, -0.25) is 0 Å². The lowest BCUT2D eigenvalue weighted by Gasteiger charge is -2.09. The van der Waals surface area contributed by atoms with E-state index in [9.17, 15) is 5.11 Å². The second kappa shape index (κ2) is 10.0. The Morgan fingerprint density at radius 2 is 1.62 bits per heavy atom. The number of hydrogen-bond acceptors (Lipinski definition) is 2.